The second-order valence-electron chi connectivity index (χ2n) is 2.47. The number of hydrogen-bond acceptors (Lipinski definition) is 1. The number of phenolic OH excluding ortho intramolecular Hbond substituents is 1. The first-order chi connectivity index (χ1) is 5.79. The number of aromatic hydroxyl groups is 1. The Morgan fingerprint density at radius 1 is 1.42 bits per heavy atom. The van der Waals surface area contributed by atoms with Gasteiger partial charge in [-0.15, -0.1) is 0 Å². The Labute approximate surface area is 72.0 Å². The van der Waals surface area contributed by atoms with E-state index in [1.54, 1.807) is 18.2 Å². The van der Waals surface area contributed by atoms with Crippen molar-refractivity contribution in [2.75, 3.05) is 0 Å². The van der Waals surface area contributed by atoms with Crippen LogP contribution >= 0.6 is 0 Å². The van der Waals surface area contributed by atoms with Gasteiger partial charge in [0.2, 0.25) is 0 Å². The Morgan fingerprint density at radius 2 is 2.17 bits per heavy atom. The fraction of sp³-hybridized carbons (Fsp3) is 0.0909. The van der Waals surface area contributed by atoms with Crippen LogP contribution in [0.25, 0.3) is 12.2 Å². The zero-order valence-corrected chi connectivity index (χ0v) is 7.12. The molecular weight excluding hydrogens is 148 g/mol. The fourth-order valence-electron chi connectivity index (χ4n) is 1.12. The summed E-state index contributed by atoms with van der Waals surface area (Å²) in [5.41, 5.74) is 0. The van der Waals surface area contributed by atoms with Gasteiger partial charge < -0.3 is 5.11 Å². The lowest BCUT2D eigenvalue weighted by atomic mass is 10.2. The van der Waals surface area contributed by atoms with E-state index in [0.29, 0.717) is 5.75 Å². The number of allylic oxidation sites excluding steroid dienone is 1. The highest BCUT2D eigenvalue weighted by Crippen LogP contribution is 1.94. The highest BCUT2D eigenvalue weighted by molar-refractivity contribution is 5.43. The molecular formula is C11H12O. The van der Waals surface area contributed by atoms with Crippen LogP contribution in [0.3, 0.4) is 0 Å². The molecule has 0 aliphatic rings. The van der Waals surface area contributed by atoms with Gasteiger partial charge in [-0.05, 0) is 18.2 Å². The summed E-state index contributed by atoms with van der Waals surface area (Å²) in [5.74, 6) is 0.297. The lowest BCUT2D eigenvalue weighted by molar-refractivity contribution is 0.470. The Balaban J connectivity index is 3.63. The summed E-state index contributed by atoms with van der Waals surface area (Å²) in [4.78, 5) is 0. The molecule has 1 nitrogen and oxygen atoms in total. The lowest BCUT2D eigenvalue weighted by Crippen LogP contribution is -2.23. The van der Waals surface area contributed by atoms with E-state index in [9.17, 15) is 5.11 Å². The van der Waals surface area contributed by atoms with Crippen LogP contribution in [0.2, 0.25) is 0 Å². The van der Waals surface area contributed by atoms with Gasteiger partial charge in [0, 0.05) is 5.22 Å². The minimum Gasteiger partial charge on any atom is -0.507 e. The van der Waals surface area contributed by atoms with E-state index >= 15 is 0 Å². The van der Waals surface area contributed by atoms with Crippen molar-refractivity contribution in [2.24, 2.45) is 0 Å². The van der Waals surface area contributed by atoms with Crippen LogP contribution < -0.4 is 10.4 Å². The van der Waals surface area contributed by atoms with Crippen LogP contribution in [0.4, 0.5) is 0 Å². The molecule has 1 rings (SSSR count). The molecule has 0 saturated heterocycles. The predicted octanol–water partition coefficient (Wildman–Crippen LogP) is 1.16. The predicted molar refractivity (Wildman–Crippen MR) is 52.2 cm³/mol. The minimum atomic E-state index is 0.297. The molecule has 1 heteroatoms. The molecule has 0 heterocycles. The largest absolute Gasteiger partial charge is 0.507 e. The van der Waals surface area contributed by atoms with Crippen LogP contribution in [0.1, 0.15) is 6.92 Å². The van der Waals surface area contributed by atoms with E-state index in [4.69, 9.17) is 0 Å². The van der Waals surface area contributed by atoms with Crippen LogP contribution in [0, 0.1) is 0 Å². The minimum absolute atomic E-state index is 0.297. The quantitative estimate of drug-likeness (QED) is 0.653. The van der Waals surface area contributed by atoms with Crippen LogP contribution in [0.15, 0.2) is 30.9 Å². The summed E-state index contributed by atoms with van der Waals surface area (Å²) < 4.78 is 0. The molecule has 1 aromatic rings. The number of benzene rings is 1. The molecule has 62 valence electrons. The number of phenols is 1. The van der Waals surface area contributed by atoms with E-state index in [1.807, 2.05) is 25.1 Å². The zero-order chi connectivity index (χ0) is 8.97. The standard InChI is InChI=1S/C11H12O/c1-3-6-10-9(4-2)7-5-8-11(10)12/h3-8,12H,1H2,2H3/b9-4-,10-6+. The van der Waals surface area contributed by atoms with Crippen molar-refractivity contribution in [3.63, 3.8) is 0 Å². The number of hydrogen-bond donors (Lipinski definition) is 1. The highest BCUT2D eigenvalue weighted by Gasteiger charge is 1.89. The topological polar surface area (TPSA) is 20.2 Å². The maximum Gasteiger partial charge on any atom is 0.123 e. The van der Waals surface area contributed by atoms with Gasteiger partial charge in [0.05, 0.1) is 0 Å². The molecule has 0 bridgehead atoms. The summed E-state index contributed by atoms with van der Waals surface area (Å²) >= 11 is 0. The smallest absolute Gasteiger partial charge is 0.123 e. The van der Waals surface area contributed by atoms with Gasteiger partial charge in [-0.2, -0.15) is 0 Å². The molecule has 1 aromatic carbocycles. The summed E-state index contributed by atoms with van der Waals surface area (Å²) in [5, 5.41) is 11.3. The molecule has 0 aliphatic carbocycles. The van der Waals surface area contributed by atoms with Crippen molar-refractivity contribution in [2.45, 2.75) is 6.92 Å². The van der Waals surface area contributed by atoms with Gasteiger partial charge in [-0.25, -0.2) is 0 Å². The van der Waals surface area contributed by atoms with Crippen LogP contribution in [0.5, 0.6) is 5.75 Å². The molecule has 1 N–H and O–H groups in total. The average molecular weight is 160 g/mol. The summed E-state index contributed by atoms with van der Waals surface area (Å²) in [6.07, 6.45) is 5.42. The van der Waals surface area contributed by atoms with Crippen molar-refractivity contribution in [1.82, 2.24) is 0 Å². The van der Waals surface area contributed by atoms with Gasteiger partial charge in [-0.3, -0.25) is 0 Å². The van der Waals surface area contributed by atoms with Crippen molar-refractivity contribution in [3.8, 4) is 5.75 Å². The zero-order valence-electron chi connectivity index (χ0n) is 7.12. The molecule has 0 spiro atoms. The number of rotatable bonds is 1. The monoisotopic (exact) mass is 160 g/mol. The molecule has 0 amide bonds. The lowest BCUT2D eigenvalue weighted by Gasteiger charge is -1.92. The highest BCUT2D eigenvalue weighted by atomic mass is 16.3. The molecule has 0 radical (unpaired) electrons. The van der Waals surface area contributed by atoms with Crippen LogP contribution in [-0.4, -0.2) is 5.11 Å². The second-order valence-corrected chi connectivity index (χ2v) is 2.47. The summed E-state index contributed by atoms with van der Waals surface area (Å²) in [7, 11) is 0. The van der Waals surface area contributed by atoms with Crippen molar-refractivity contribution >= 4 is 12.2 Å². The second kappa shape index (κ2) is 3.77. The fourth-order valence-corrected chi connectivity index (χ4v) is 1.12. The van der Waals surface area contributed by atoms with E-state index < -0.39 is 0 Å². The third-order valence-electron chi connectivity index (χ3n) is 1.71. The molecule has 0 aromatic heterocycles. The van der Waals surface area contributed by atoms with E-state index in [1.165, 1.54) is 0 Å². The first-order valence-corrected chi connectivity index (χ1v) is 3.86. The van der Waals surface area contributed by atoms with Gasteiger partial charge in [0.1, 0.15) is 5.75 Å². The Morgan fingerprint density at radius 3 is 2.75 bits per heavy atom. The third-order valence-corrected chi connectivity index (χ3v) is 1.71. The van der Waals surface area contributed by atoms with Crippen molar-refractivity contribution in [1.29, 1.82) is 0 Å². The van der Waals surface area contributed by atoms with E-state index in [0.717, 1.165) is 10.4 Å². The van der Waals surface area contributed by atoms with E-state index in [2.05, 4.69) is 6.58 Å². The van der Waals surface area contributed by atoms with Gasteiger partial charge in [-0.1, -0.05) is 36.9 Å². The first-order valence-electron chi connectivity index (χ1n) is 3.86. The Bertz CT molecular complexity index is 388. The summed E-state index contributed by atoms with van der Waals surface area (Å²) in [6.45, 7) is 5.53. The SMILES string of the molecule is C=C/C=c1/c(O)ccc/c1=C/C. The normalized spacial score (nSPS) is 13.4. The summed E-state index contributed by atoms with van der Waals surface area (Å²) in [6, 6.07) is 5.45. The first kappa shape index (κ1) is 8.60. The maximum atomic E-state index is 9.45. The molecule has 12 heavy (non-hydrogen) atoms. The van der Waals surface area contributed by atoms with Crippen molar-refractivity contribution in [3.05, 3.63) is 41.3 Å². The van der Waals surface area contributed by atoms with Gasteiger partial charge >= 0.3 is 0 Å². The Hall–Kier alpha value is -1.50. The van der Waals surface area contributed by atoms with E-state index in [-0.39, 0.29) is 0 Å². The van der Waals surface area contributed by atoms with Gasteiger partial charge in [0.15, 0.2) is 0 Å². The van der Waals surface area contributed by atoms with Crippen molar-refractivity contribution < 1.29 is 5.11 Å². The maximum absolute atomic E-state index is 9.45. The Kier molecular flexibility index (Phi) is 2.70. The molecule has 0 aliphatic heterocycles. The van der Waals surface area contributed by atoms with Crippen LogP contribution in [-0.2, 0) is 0 Å². The molecule has 0 atom stereocenters. The molecule has 0 saturated carbocycles. The molecule has 0 fully saturated rings. The third kappa shape index (κ3) is 1.56. The average Bonchev–Trinajstić information content (AvgIpc) is 2.09. The van der Waals surface area contributed by atoms with Gasteiger partial charge in [0.25, 0.3) is 0 Å². The molecule has 0 unspecified atom stereocenters.